The molecular weight excluding hydrogens is 516 g/mol. The molecule has 1 atom stereocenters. The number of hydrogen-bond acceptors (Lipinski definition) is 5. The molecule has 0 saturated heterocycles. The third kappa shape index (κ3) is 3.46. The summed E-state index contributed by atoms with van der Waals surface area (Å²) in [5, 5.41) is 2.08. The molecule has 0 fully saturated rings. The van der Waals surface area contributed by atoms with E-state index in [9.17, 15) is 4.79 Å². The summed E-state index contributed by atoms with van der Waals surface area (Å²) < 4.78 is 9.00. The molecule has 0 radical (unpaired) electrons. The van der Waals surface area contributed by atoms with E-state index in [-0.39, 0.29) is 11.6 Å². The number of benzene rings is 2. The van der Waals surface area contributed by atoms with Crippen LogP contribution in [0.5, 0.6) is 5.75 Å². The summed E-state index contributed by atoms with van der Waals surface area (Å²) in [6.07, 6.45) is 3.78. The van der Waals surface area contributed by atoms with Crippen LogP contribution < -0.4 is 19.6 Å². The van der Waals surface area contributed by atoms with Crippen molar-refractivity contribution < 1.29 is 4.74 Å². The molecule has 1 aliphatic heterocycles. The molecule has 33 heavy (non-hydrogen) atoms. The smallest absolute Gasteiger partial charge is 0.271 e. The molecule has 4 nitrogen and oxygen atoms in total. The molecule has 6 rings (SSSR count). The van der Waals surface area contributed by atoms with Gasteiger partial charge >= 0.3 is 0 Å². The number of aromatic nitrogens is 1. The van der Waals surface area contributed by atoms with Crippen LogP contribution in [0.1, 0.15) is 34.0 Å². The van der Waals surface area contributed by atoms with E-state index in [0.29, 0.717) is 4.53 Å². The molecule has 7 heteroatoms. The number of allylic oxidation sites excluding steroid dienone is 1. The largest absolute Gasteiger partial charge is 0.496 e. The van der Waals surface area contributed by atoms with E-state index in [1.54, 1.807) is 18.4 Å². The Morgan fingerprint density at radius 3 is 2.85 bits per heavy atom. The van der Waals surface area contributed by atoms with Crippen LogP contribution in [0.15, 0.2) is 79.8 Å². The van der Waals surface area contributed by atoms with Gasteiger partial charge in [0.25, 0.3) is 5.56 Å². The van der Waals surface area contributed by atoms with E-state index in [0.717, 1.165) is 39.1 Å². The van der Waals surface area contributed by atoms with Crippen LogP contribution in [0.2, 0.25) is 0 Å². The number of nitrogens with zero attached hydrogens (tertiary/aromatic N) is 2. The zero-order chi connectivity index (χ0) is 22.5. The highest BCUT2D eigenvalue weighted by Gasteiger charge is 2.33. The highest BCUT2D eigenvalue weighted by molar-refractivity contribution is 9.10. The Kier molecular flexibility index (Phi) is 5.20. The van der Waals surface area contributed by atoms with Gasteiger partial charge in [-0.1, -0.05) is 57.6 Å². The summed E-state index contributed by atoms with van der Waals surface area (Å²) in [5.74, 6) is 0.729. The van der Waals surface area contributed by atoms with Gasteiger partial charge in [-0.25, -0.2) is 4.99 Å². The topological polar surface area (TPSA) is 43.6 Å². The standard InChI is InChI=1S/C26H19BrN2O2S2/c1-31-20-11-9-17(27)13-16(20)14-22-25(30)29-24(21-7-4-12-32-21)19-10-8-15-5-2-3-6-18(15)23(19)28-26(29)33-22/h2-7,9,11-14,24H,8,10H2,1H3/b22-14-/t24-/m1/s1. The van der Waals surface area contributed by atoms with Gasteiger partial charge in [-0.3, -0.25) is 9.36 Å². The Hall–Kier alpha value is -2.74. The molecule has 0 spiro atoms. The maximum Gasteiger partial charge on any atom is 0.271 e. The monoisotopic (exact) mass is 534 g/mol. The van der Waals surface area contributed by atoms with Gasteiger partial charge in [0.15, 0.2) is 4.80 Å². The van der Waals surface area contributed by atoms with Gasteiger partial charge < -0.3 is 4.74 Å². The summed E-state index contributed by atoms with van der Waals surface area (Å²) >= 11 is 6.66. The first kappa shape index (κ1) is 20.8. The Bertz CT molecular complexity index is 1600. The third-order valence-corrected chi connectivity index (χ3v) is 8.56. The number of halogens is 1. The minimum absolute atomic E-state index is 0.00964. The zero-order valence-electron chi connectivity index (χ0n) is 17.7. The van der Waals surface area contributed by atoms with Gasteiger partial charge in [0.2, 0.25) is 0 Å². The molecule has 2 aromatic heterocycles. The van der Waals surface area contributed by atoms with Crippen molar-refractivity contribution >= 4 is 50.4 Å². The fraction of sp³-hybridized carbons (Fsp3) is 0.154. The van der Waals surface area contributed by atoms with Crippen LogP contribution in [0, 0.1) is 0 Å². The molecule has 1 aliphatic carbocycles. The van der Waals surface area contributed by atoms with Crippen LogP contribution >= 0.6 is 38.6 Å². The lowest BCUT2D eigenvalue weighted by Crippen LogP contribution is -2.38. The van der Waals surface area contributed by atoms with E-state index in [1.807, 2.05) is 28.8 Å². The van der Waals surface area contributed by atoms with Crippen LogP contribution in [-0.4, -0.2) is 11.7 Å². The van der Waals surface area contributed by atoms with Gasteiger partial charge in [-0.2, -0.15) is 0 Å². The Labute approximate surface area is 207 Å². The first-order valence-corrected chi connectivity index (χ1v) is 13.1. The second-order valence-corrected chi connectivity index (χ2v) is 10.9. The van der Waals surface area contributed by atoms with E-state index in [4.69, 9.17) is 9.73 Å². The van der Waals surface area contributed by atoms with Crippen molar-refractivity contribution in [2.24, 2.45) is 4.99 Å². The van der Waals surface area contributed by atoms with E-state index in [1.165, 1.54) is 32.9 Å². The number of rotatable bonds is 3. The Morgan fingerprint density at radius 2 is 2.03 bits per heavy atom. The lowest BCUT2D eigenvalue weighted by atomic mass is 9.85. The van der Waals surface area contributed by atoms with Crippen LogP contribution in [0.3, 0.4) is 0 Å². The lowest BCUT2D eigenvalue weighted by Gasteiger charge is -2.30. The van der Waals surface area contributed by atoms with Crippen molar-refractivity contribution in [3.8, 4) is 5.75 Å². The molecule has 0 saturated carbocycles. The number of methoxy groups -OCH3 is 1. The van der Waals surface area contributed by atoms with Crippen molar-refractivity contribution in [1.29, 1.82) is 0 Å². The minimum atomic E-state index is -0.115. The predicted molar refractivity (Wildman–Crippen MR) is 138 cm³/mol. The predicted octanol–water partition coefficient (Wildman–Crippen LogP) is 5.15. The van der Waals surface area contributed by atoms with Crippen molar-refractivity contribution in [2.75, 3.05) is 7.11 Å². The number of fused-ring (bicyclic) bond motifs is 3. The number of ether oxygens (including phenoxy) is 1. The first-order chi connectivity index (χ1) is 16.1. The average Bonchev–Trinajstić information content (AvgIpc) is 3.47. The molecule has 0 bridgehead atoms. The molecule has 0 N–H and O–H groups in total. The third-order valence-electron chi connectivity index (χ3n) is 6.16. The quantitative estimate of drug-likeness (QED) is 0.364. The number of thiophene rings is 1. The number of thiazole rings is 1. The summed E-state index contributed by atoms with van der Waals surface area (Å²) in [5.41, 5.74) is 5.62. The van der Waals surface area contributed by atoms with Crippen LogP contribution in [0.25, 0.3) is 11.8 Å². The second kappa shape index (κ2) is 8.24. The van der Waals surface area contributed by atoms with Crippen molar-refractivity contribution in [3.05, 3.63) is 111 Å². The maximum atomic E-state index is 13.7. The normalized spacial score (nSPS) is 17.3. The number of hydrogen-bond donors (Lipinski definition) is 0. The minimum Gasteiger partial charge on any atom is -0.496 e. The fourth-order valence-electron chi connectivity index (χ4n) is 4.68. The van der Waals surface area contributed by atoms with Crippen molar-refractivity contribution in [3.63, 3.8) is 0 Å². The summed E-state index contributed by atoms with van der Waals surface area (Å²) in [4.78, 5) is 20.7. The van der Waals surface area contributed by atoms with Gasteiger partial charge in [0.05, 0.1) is 23.4 Å². The molecular formula is C26H19BrN2O2S2. The highest BCUT2D eigenvalue weighted by atomic mass is 79.9. The molecule has 0 amide bonds. The molecule has 2 aromatic carbocycles. The molecule has 164 valence electrons. The summed E-state index contributed by atoms with van der Waals surface area (Å²) in [6, 6.07) is 18.4. The lowest BCUT2D eigenvalue weighted by molar-refractivity contribution is 0.413. The van der Waals surface area contributed by atoms with Crippen molar-refractivity contribution in [2.45, 2.75) is 18.9 Å². The summed E-state index contributed by atoms with van der Waals surface area (Å²) in [7, 11) is 1.64. The van der Waals surface area contributed by atoms with Crippen LogP contribution in [0.4, 0.5) is 0 Å². The molecule has 0 unspecified atom stereocenters. The SMILES string of the molecule is COc1ccc(Br)cc1/C=c1\sc2n(c1=O)[C@@H](c1cccs1)C1=C(N=2)c2ccccc2CC1. The van der Waals surface area contributed by atoms with E-state index >= 15 is 0 Å². The van der Waals surface area contributed by atoms with Gasteiger partial charge in [-0.05, 0) is 59.7 Å². The number of aryl methyl sites for hydroxylation is 1. The molecule has 2 aliphatic rings. The van der Waals surface area contributed by atoms with Gasteiger partial charge in [0, 0.05) is 20.5 Å². The second-order valence-electron chi connectivity index (χ2n) is 8.02. The molecule has 4 aromatic rings. The molecule has 3 heterocycles. The fourth-order valence-corrected chi connectivity index (χ4v) is 6.90. The average molecular weight is 535 g/mol. The van der Waals surface area contributed by atoms with Crippen LogP contribution in [-0.2, 0) is 6.42 Å². The van der Waals surface area contributed by atoms with Gasteiger partial charge in [0.1, 0.15) is 5.75 Å². The Morgan fingerprint density at radius 1 is 1.15 bits per heavy atom. The Balaban J connectivity index is 1.62. The summed E-state index contributed by atoms with van der Waals surface area (Å²) in [6.45, 7) is 0. The van der Waals surface area contributed by atoms with E-state index in [2.05, 4.69) is 57.7 Å². The highest BCUT2D eigenvalue weighted by Crippen LogP contribution is 2.42. The van der Waals surface area contributed by atoms with Gasteiger partial charge in [-0.15, -0.1) is 11.3 Å². The zero-order valence-corrected chi connectivity index (χ0v) is 21.0. The first-order valence-electron chi connectivity index (χ1n) is 10.6. The maximum absolute atomic E-state index is 13.7. The van der Waals surface area contributed by atoms with Crippen molar-refractivity contribution in [1.82, 2.24) is 4.57 Å². The van der Waals surface area contributed by atoms with E-state index < -0.39 is 0 Å².